The number of allylic oxidation sites excluding steroid dienone is 2. The first-order valence-corrected chi connectivity index (χ1v) is 7.07. The Kier molecular flexibility index (Phi) is 6.33. The molecule has 0 N–H and O–H groups in total. The van der Waals surface area contributed by atoms with E-state index in [2.05, 4.69) is 15.9 Å². The number of hydrogen-bond donors (Lipinski definition) is 0. The second-order valence-corrected chi connectivity index (χ2v) is 5.36. The van der Waals surface area contributed by atoms with Crippen LogP contribution in [-0.4, -0.2) is 18.4 Å². The molecule has 1 aliphatic rings. The van der Waals surface area contributed by atoms with Gasteiger partial charge in [-0.3, -0.25) is 9.59 Å². The van der Waals surface area contributed by atoms with Gasteiger partial charge in [0, 0.05) is 10.9 Å². The van der Waals surface area contributed by atoms with Gasteiger partial charge in [0.2, 0.25) is 0 Å². The van der Waals surface area contributed by atoms with Crippen molar-refractivity contribution in [3.63, 3.8) is 0 Å². The summed E-state index contributed by atoms with van der Waals surface area (Å²) < 4.78 is 5.63. The molecule has 1 unspecified atom stereocenters. The largest absolute Gasteiger partial charge is 0.465 e. The van der Waals surface area contributed by atoms with Gasteiger partial charge in [-0.2, -0.15) is 0 Å². The van der Waals surface area contributed by atoms with Gasteiger partial charge in [0.05, 0.1) is 6.61 Å². The van der Waals surface area contributed by atoms with Crippen molar-refractivity contribution in [1.82, 2.24) is 0 Å². The molecule has 0 heterocycles. The van der Waals surface area contributed by atoms with Crippen molar-refractivity contribution < 1.29 is 14.3 Å². The smallest absolute Gasteiger partial charge is 0.317 e. The maximum Gasteiger partial charge on any atom is 0.317 e. The lowest BCUT2D eigenvalue weighted by Gasteiger charge is -2.14. The Balaban J connectivity index is 2.99. The third-order valence-corrected chi connectivity index (χ3v) is 3.55. The molecule has 0 bridgehead atoms. The van der Waals surface area contributed by atoms with E-state index in [1.807, 2.05) is 13.0 Å². The summed E-state index contributed by atoms with van der Waals surface area (Å²) in [4.78, 5) is 23.5. The lowest BCUT2D eigenvalue weighted by Crippen LogP contribution is -2.17. The lowest BCUT2D eigenvalue weighted by atomic mass is 9.98. The van der Waals surface area contributed by atoms with Gasteiger partial charge in [-0.25, -0.2) is 0 Å². The van der Waals surface area contributed by atoms with Crippen LogP contribution in [0, 0.1) is 5.92 Å². The first kappa shape index (κ1) is 15.2. The molecule has 1 rings (SSSR count). The zero-order valence-electron chi connectivity index (χ0n) is 10.9. The van der Waals surface area contributed by atoms with Crippen molar-refractivity contribution in [1.29, 1.82) is 0 Å². The Hall–Kier alpha value is -0.900. The molecule has 0 radical (unpaired) electrons. The molecule has 0 fully saturated rings. The first-order valence-electron chi connectivity index (χ1n) is 6.28. The molecule has 0 saturated heterocycles. The summed E-state index contributed by atoms with van der Waals surface area (Å²) >= 11 is 3.33. The van der Waals surface area contributed by atoms with Crippen LogP contribution < -0.4 is 0 Å². The van der Waals surface area contributed by atoms with E-state index in [-0.39, 0.29) is 11.8 Å². The van der Waals surface area contributed by atoms with Crippen molar-refractivity contribution in [2.45, 2.75) is 39.5 Å². The van der Waals surface area contributed by atoms with Crippen LogP contribution in [0.4, 0.5) is 0 Å². The minimum Gasteiger partial charge on any atom is -0.465 e. The van der Waals surface area contributed by atoms with Crippen LogP contribution in [0.25, 0.3) is 0 Å². The fourth-order valence-corrected chi connectivity index (χ4v) is 2.45. The average molecular weight is 315 g/mol. The molecule has 0 aromatic carbocycles. The summed E-state index contributed by atoms with van der Waals surface area (Å²) in [5.41, 5.74) is 1.16. The maximum absolute atomic E-state index is 11.9. The zero-order chi connectivity index (χ0) is 13.5. The molecule has 0 spiro atoms. The Labute approximate surface area is 116 Å². The van der Waals surface area contributed by atoms with Crippen LogP contribution in [0.1, 0.15) is 39.5 Å². The zero-order valence-corrected chi connectivity index (χ0v) is 12.5. The van der Waals surface area contributed by atoms with Crippen LogP contribution in [-0.2, 0) is 14.3 Å². The van der Waals surface area contributed by atoms with E-state index < -0.39 is 5.92 Å². The van der Waals surface area contributed by atoms with E-state index in [0.29, 0.717) is 17.5 Å². The molecule has 0 aromatic heterocycles. The van der Waals surface area contributed by atoms with Gasteiger partial charge in [-0.05, 0) is 39.2 Å². The van der Waals surface area contributed by atoms with Crippen LogP contribution in [0.5, 0.6) is 0 Å². The molecule has 18 heavy (non-hydrogen) atoms. The molecule has 0 saturated carbocycles. The Morgan fingerprint density at radius 2 is 2.11 bits per heavy atom. The molecule has 0 amide bonds. The fraction of sp³-hybridized carbons (Fsp3) is 0.571. The van der Waals surface area contributed by atoms with Crippen LogP contribution in [0.15, 0.2) is 22.2 Å². The van der Waals surface area contributed by atoms with Crippen molar-refractivity contribution in [2.75, 3.05) is 6.61 Å². The highest BCUT2D eigenvalue weighted by Gasteiger charge is 2.22. The van der Waals surface area contributed by atoms with Gasteiger partial charge in [-0.15, -0.1) is 0 Å². The van der Waals surface area contributed by atoms with Gasteiger partial charge in [0.25, 0.3) is 0 Å². The van der Waals surface area contributed by atoms with Gasteiger partial charge >= 0.3 is 5.97 Å². The molecule has 3 nitrogen and oxygen atoms in total. The first-order chi connectivity index (χ1) is 8.54. The van der Waals surface area contributed by atoms with Gasteiger partial charge in [0.1, 0.15) is 5.92 Å². The molecule has 0 aliphatic heterocycles. The topological polar surface area (TPSA) is 43.4 Å². The second-order valence-electron chi connectivity index (χ2n) is 4.45. The number of esters is 1. The van der Waals surface area contributed by atoms with Crippen LogP contribution in [0.2, 0.25) is 0 Å². The van der Waals surface area contributed by atoms with Crippen LogP contribution in [0.3, 0.4) is 0 Å². The molecular formula is C14H19BrO3. The number of hydrogen-bond acceptors (Lipinski definition) is 3. The van der Waals surface area contributed by atoms with Gasteiger partial charge < -0.3 is 4.74 Å². The van der Waals surface area contributed by atoms with Crippen molar-refractivity contribution in [3.05, 3.63) is 22.2 Å². The van der Waals surface area contributed by atoms with Gasteiger partial charge in [-0.1, -0.05) is 27.6 Å². The highest BCUT2D eigenvalue weighted by atomic mass is 79.9. The third kappa shape index (κ3) is 4.77. The van der Waals surface area contributed by atoms with E-state index in [1.165, 1.54) is 6.08 Å². The number of ketones is 1. The van der Waals surface area contributed by atoms with Crippen molar-refractivity contribution >= 4 is 27.7 Å². The monoisotopic (exact) mass is 314 g/mol. The summed E-state index contributed by atoms with van der Waals surface area (Å²) in [5, 5.41) is 0. The lowest BCUT2D eigenvalue weighted by molar-refractivity contribution is -0.144. The summed E-state index contributed by atoms with van der Waals surface area (Å²) in [6.07, 6.45) is 6.73. The Morgan fingerprint density at radius 1 is 1.44 bits per heavy atom. The predicted octanol–water partition coefficient (Wildman–Crippen LogP) is 3.53. The quantitative estimate of drug-likeness (QED) is 0.578. The van der Waals surface area contributed by atoms with E-state index in [4.69, 9.17) is 4.74 Å². The number of carbonyl (C=O) groups excluding carboxylic acids is 2. The third-order valence-electron chi connectivity index (χ3n) is 2.83. The summed E-state index contributed by atoms with van der Waals surface area (Å²) in [7, 11) is 0. The highest BCUT2D eigenvalue weighted by Crippen LogP contribution is 2.25. The van der Waals surface area contributed by atoms with E-state index >= 15 is 0 Å². The molecule has 100 valence electrons. The maximum atomic E-state index is 11.9. The minimum atomic E-state index is -0.494. The average Bonchev–Trinajstić information content (AvgIpc) is 2.31. The molecule has 1 aliphatic carbocycles. The van der Waals surface area contributed by atoms with E-state index in [9.17, 15) is 9.59 Å². The SMILES string of the molecule is CCOC(=O)C1/C=C(/C)CCCCC(=O)/C=C/1Br. The molecule has 4 heteroatoms. The number of carbonyl (C=O) groups is 2. The highest BCUT2D eigenvalue weighted by molar-refractivity contribution is 9.11. The second kappa shape index (κ2) is 7.52. The number of halogens is 1. The summed E-state index contributed by atoms with van der Waals surface area (Å²) in [6.45, 7) is 4.13. The van der Waals surface area contributed by atoms with Crippen molar-refractivity contribution in [3.8, 4) is 0 Å². The summed E-state index contributed by atoms with van der Waals surface area (Å²) in [5.74, 6) is -0.746. The normalized spacial score (nSPS) is 27.7. The summed E-state index contributed by atoms with van der Waals surface area (Å²) in [6, 6.07) is 0. The fourth-order valence-electron chi connectivity index (χ4n) is 1.88. The van der Waals surface area contributed by atoms with E-state index in [0.717, 1.165) is 24.8 Å². The molecule has 0 aromatic rings. The van der Waals surface area contributed by atoms with E-state index in [1.54, 1.807) is 6.92 Å². The Bertz CT molecular complexity index is 383. The standard InChI is InChI=1S/C14H19BrO3/c1-3-18-14(17)12-8-10(2)6-4-5-7-11(16)9-13(12)15/h8-9,12H,3-7H2,1-2H3/b10-8-,13-9-. The number of ether oxygens (including phenoxy) is 1. The molecule has 1 atom stereocenters. The van der Waals surface area contributed by atoms with Gasteiger partial charge in [0.15, 0.2) is 5.78 Å². The van der Waals surface area contributed by atoms with Crippen LogP contribution >= 0.6 is 15.9 Å². The minimum absolute atomic E-state index is 0.0594. The molecular weight excluding hydrogens is 296 g/mol. The number of rotatable bonds is 2. The predicted molar refractivity (Wildman–Crippen MR) is 74.4 cm³/mol. The Morgan fingerprint density at radius 3 is 2.78 bits per heavy atom. The van der Waals surface area contributed by atoms with Crippen molar-refractivity contribution in [2.24, 2.45) is 5.92 Å².